The first kappa shape index (κ1) is 22.6. The van der Waals surface area contributed by atoms with E-state index in [1.54, 1.807) is 36.3 Å². The maximum Gasteiger partial charge on any atom is 0.245 e. The summed E-state index contributed by atoms with van der Waals surface area (Å²) >= 11 is 0. The van der Waals surface area contributed by atoms with Gasteiger partial charge in [-0.2, -0.15) is 4.31 Å². The third-order valence-corrected chi connectivity index (χ3v) is 8.77. The number of sulfonamides is 1. The number of nitrogens with zero attached hydrogens (tertiary/aromatic N) is 2. The average molecular weight is 477 g/mol. The molecule has 2 heterocycles. The maximum atomic E-state index is 13.8. The first-order chi connectivity index (χ1) is 16.4. The summed E-state index contributed by atoms with van der Waals surface area (Å²) in [4.78, 5) is 15.8. The van der Waals surface area contributed by atoms with E-state index in [1.807, 2.05) is 55.5 Å². The molecule has 3 aromatic rings. The molecule has 0 spiro atoms. The molecule has 176 valence electrons. The minimum absolute atomic E-state index is 0.00110. The van der Waals surface area contributed by atoms with E-state index < -0.39 is 16.1 Å². The summed E-state index contributed by atoms with van der Waals surface area (Å²) in [6.45, 7) is 2.74. The fourth-order valence-electron chi connectivity index (χ4n) is 5.06. The molecule has 3 aromatic carbocycles. The fraction of sp³-hybridized carbons (Fsp3) is 0.296. The monoisotopic (exact) mass is 476 g/mol. The molecule has 0 radical (unpaired) electrons. The molecule has 0 saturated carbocycles. The molecule has 6 nitrogen and oxygen atoms in total. The van der Waals surface area contributed by atoms with Crippen LogP contribution in [0.1, 0.15) is 35.4 Å². The largest absolute Gasteiger partial charge is 0.497 e. The van der Waals surface area contributed by atoms with Gasteiger partial charge < -0.3 is 9.64 Å². The highest BCUT2D eigenvalue weighted by Gasteiger charge is 2.44. The summed E-state index contributed by atoms with van der Waals surface area (Å²) in [6, 6.07) is 21.9. The third-order valence-electron chi connectivity index (χ3n) is 6.85. The van der Waals surface area contributed by atoms with E-state index in [2.05, 4.69) is 0 Å². The molecule has 0 bridgehead atoms. The second kappa shape index (κ2) is 8.89. The smallest absolute Gasteiger partial charge is 0.245 e. The van der Waals surface area contributed by atoms with Gasteiger partial charge >= 0.3 is 0 Å². The summed E-state index contributed by atoms with van der Waals surface area (Å²) in [6.07, 6.45) is 1.18. The zero-order valence-corrected chi connectivity index (χ0v) is 20.2. The Morgan fingerprint density at radius 2 is 1.76 bits per heavy atom. The molecule has 1 fully saturated rings. The predicted molar refractivity (Wildman–Crippen MR) is 132 cm³/mol. The van der Waals surface area contributed by atoms with E-state index in [9.17, 15) is 13.2 Å². The van der Waals surface area contributed by atoms with Gasteiger partial charge in [-0.15, -0.1) is 0 Å². The van der Waals surface area contributed by atoms with Crippen molar-refractivity contribution in [3.05, 3.63) is 89.5 Å². The molecule has 7 heteroatoms. The van der Waals surface area contributed by atoms with Crippen molar-refractivity contribution < 1.29 is 17.9 Å². The number of amides is 1. The van der Waals surface area contributed by atoms with Crippen molar-refractivity contribution in [3.8, 4) is 5.75 Å². The highest BCUT2D eigenvalue weighted by Crippen LogP contribution is 2.42. The second-order valence-electron chi connectivity index (χ2n) is 8.92. The molecule has 0 aromatic heterocycles. The SMILES string of the molecule is COc1cccc(C2CN(C(=O)[C@H]3CCCN3S(=O)(=O)c3ccc(C)cc3)c3ccccc32)c1. The number of fused-ring (bicyclic) bond motifs is 1. The van der Waals surface area contributed by atoms with Crippen molar-refractivity contribution in [1.82, 2.24) is 4.31 Å². The number of ether oxygens (including phenoxy) is 1. The Morgan fingerprint density at radius 1 is 1.00 bits per heavy atom. The van der Waals surface area contributed by atoms with Crippen LogP contribution < -0.4 is 9.64 Å². The van der Waals surface area contributed by atoms with Crippen LogP contribution in [0.15, 0.2) is 77.7 Å². The Balaban J connectivity index is 1.46. The minimum atomic E-state index is -3.76. The standard InChI is InChI=1S/C27H28N2O4S/c1-19-12-14-22(15-13-19)34(31,32)29-16-6-11-26(29)27(30)28-18-24(23-9-3-4-10-25(23)28)20-7-5-8-21(17-20)33-2/h3-5,7-10,12-15,17,24,26H,6,11,16,18H2,1-2H3/t24?,26-/m1/s1. The molecular weight excluding hydrogens is 448 g/mol. The lowest BCUT2D eigenvalue weighted by Gasteiger charge is -2.28. The Kier molecular flexibility index (Phi) is 5.91. The summed E-state index contributed by atoms with van der Waals surface area (Å²) in [5.41, 5.74) is 3.97. The summed E-state index contributed by atoms with van der Waals surface area (Å²) in [5.74, 6) is 0.607. The van der Waals surface area contributed by atoms with E-state index in [-0.39, 0.29) is 16.7 Å². The van der Waals surface area contributed by atoms with Gasteiger partial charge in [0, 0.05) is 24.7 Å². The van der Waals surface area contributed by atoms with Gasteiger partial charge in [0.1, 0.15) is 11.8 Å². The topological polar surface area (TPSA) is 66.9 Å². The molecule has 2 atom stereocenters. The number of hydrogen-bond donors (Lipinski definition) is 0. The number of anilines is 1. The van der Waals surface area contributed by atoms with Gasteiger partial charge in [-0.25, -0.2) is 8.42 Å². The molecule has 1 amide bonds. The predicted octanol–water partition coefficient (Wildman–Crippen LogP) is 4.34. The lowest BCUT2D eigenvalue weighted by molar-refractivity contribution is -0.121. The molecule has 1 unspecified atom stereocenters. The Bertz CT molecular complexity index is 1320. The summed E-state index contributed by atoms with van der Waals surface area (Å²) in [5, 5.41) is 0. The number of benzene rings is 3. The molecular formula is C27H28N2O4S. The van der Waals surface area contributed by atoms with Crippen LogP contribution in [0.25, 0.3) is 0 Å². The zero-order valence-electron chi connectivity index (χ0n) is 19.3. The number of carbonyl (C=O) groups excluding carboxylic acids is 1. The van der Waals surface area contributed by atoms with Crippen LogP contribution in [0.5, 0.6) is 5.75 Å². The van der Waals surface area contributed by atoms with Crippen LogP contribution in [0.4, 0.5) is 5.69 Å². The van der Waals surface area contributed by atoms with Crippen molar-refractivity contribution in [2.75, 3.05) is 25.1 Å². The van der Waals surface area contributed by atoms with Crippen molar-refractivity contribution in [2.45, 2.75) is 36.6 Å². The van der Waals surface area contributed by atoms with Gasteiger partial charge in [-0.3, -0.25) is 4.79 Å². The fourth-order valence-corrected chi connectivity index (χ4v) is 6.71. The summed E-state index contributed by atoms with van der Waals surface area (Å²) < 4.78 is 33.6. The van der Waals surface area contributed by atoms with Crippen LogP contribution in [0.3, 0.4) is 0 Å². The van der Waals surface area contributed by atoms with Crippen LogP contribution in [0.2, 0.25) is 0 Å². The first-order valence-electron chi connectivity index (χ1n) is 11.5. The highest BCUT2D eigenvalue weighted by atomic mass is 32.2. The van der Waals surface area contributed by atoms with Gasteiger partial charge in [-0.05, 0) is 61.2 Å². The average Bonchev–Trinajstić information content (AvgIpc) is 3.50. The Morgan fingerprint density at radius 3 is 2.53 bits per heavy atom. The number of rotatable bonds is 5. The van der Waals surface area contributed by atoms with Crippen LogP contribution in [0, 0.1) is 6.92 Å². The van der Waals surface area contributed by atoms with Crippen molar-refractivity contribution in [3.63, 3.8) is 0 Å². The zero-order chi connectivity index (χ0) is 23.9. The minimum Gasteiger partial charge on any atom is -0.497 e. The maximum absolute atomic E-state index is 13.8. The number of aryl methyl sites for hydroxylation is 1. The summed E-state index contributed by atoms with van der Waals surface area (Å²) in [7, 11) is -2.12. The van der Waals surface area contributed by atoms with Gasteiger partial charge in [0.15, 0.2) is 0 Å². The molecule has 1 saturated heterocycles. The lowest BCUT2D eigenvalue weighted by Crippen LogP contribution is -2.47. The Hall–Kier alpha value is -3.16. The molecule has 34 heavy (non-hydrogen) atoms. The second-order valence-corrected chi connectivity index (χ2v) is 10.8. The number of methoxy groups -OCH3 is 1. The van der Waals surface area contributed by atoms with Crippen LogP contribution in [-0.2, 0) is 14.8 Å². The molecule has 2 aliphatic rings. The van der Waals surface area contributed by atoms with Crippen molar-refractivity contribution >= 4 is 21.6 Å². The number of hydrogen-bond acceptors (Lipinski definition) is 4. The molecule has 2 aliphatic heterocycles. The van der Waals surface area contributed by atoms with Crippen molar-refractivity contribution in [2.24, 2.45) is 0 Å². The third kappa shape index (κ3) is 3.89. The highest BCUT2D eigenvalue weighted by molar-refractivity contribution is 7.89. The lowest BCUT2D eigenvalue weighted by atomic mass is 9.93. The molecule has 0 aliphatic carbocycles. The van der Waals surface area contributed by atoms with Gasteiger partial charge in [0.05, 0.1) is 12.0 Å². The Labute approximate surface area is 200 Å². The van der Waals surface area contributed by atoms with Crippen molar-refractivity contribution in [1.29, 1.82) is 0 Å². The van der Waals surface area contributed by atoms with E-state index >= 15 is 0 Å². The first-order valence-corrected chi connectivity index (χ1v) is 13.0. The van der Waals surface area contributed by atoms with E-state index in [0.717, 1.165) is 28.1 Å². The normalized spacial score (nSPS) is 20.4. The van der Waals surface area contributed by atoms with Gasteiger partial charge in [0.2, 0.25) is 15.9 Å². The number of carbonyl (C=O) groups is 1. The molecule has 0 N–H and O–H groups in total. The van der Waals surface area contributed by atoms with E-state index in [4.69, 9.17) is 4.74 Å². The quantitative estimate of drug-likeness (QED) is 0.550. The van der Waals surface area contributed by atoms with Gasteiger partial charge in [0.25, 0.3) is 0 Å². The van der Waals surface area contributed by atoms with E-state index in [1.165, 1.54) is 4.31 Å². The van der Waals surface area contributed by atoms with E-state index in [0.29, 0.717) is 25.9 Å². The molecule has 5 rings (SSSR count). The van der Waals surface area contributed by atoms with Gasteiger partial charge in [-0.1, -0.05) is 48.0 Å². The van der Waals surface area contributed by atoms with Crippen LogP contribution in [-0.4, -0.2) is 44.9 Å². The number of para-hydroxylation sites is 1. The van der Waals surface area contributed by atoms with Crippen LogP contribution >= 0.6 is 0 Å².